The molecule has 1 aliphatic carbocycles. The zero-order chi connectivity index (χ0) is 24.1. The summed E-state index contributed by atoms with van der Waals surface area (Å²) in [5.74, 6) is 0.171. The Hall–Kier alpha value is -2.87. The van der Waals surface area contributed by atoms with Crippen molar-refractivity contribution in [1.29, 1.82) is 0 Å². The van der Waals surface area contributed by atoms with Gasteiger partial charge in [-0.3, -0.25) is 18.8 Å². The first kappa shape index (κ1) is 24.3. The smallest absolute Gasteiger partial charge is 0.280 e. The van der Waals surface area contributed by atoms with Gasteiger partial charge < -0.3 is 5.32 Å². The second-order valence-corrected chi connectivity index (χ2v) is 9.81. The van der Waals surface area contributed by atoms with Gasteiger partial charge in [0.05, 0.1) is 18.0 Å². The van der Waals surface area contributed by atoms with Crippen LogP contribution in [0, 0.1) is 13.8 Å². The molecule has 0 fully saturated rings. The molecule has 0 atom stereocenters. The molecule has 0 bridgehead atoms. The van der Waals surface area contributed by atoms with Crippen LogP contribution in [0.15, 0.2) is 45.9 Å². The van der Waals surface area contributed by atoms with Gasteiger partial charge in [-0.25, -0.2) is 4.98 Å². The van der Waals surface area contributed by atoms with Crippen molar-refractivity contribution in [2.24, 2.45) is 0 Å². The molecule has 7 nitrogen and oxygen atoms in total. The van der Waals surface area contributed by atoms with Crippen molar-refractivity contribution in [3.63, 3.8) is 0 Å². The van der Waals surface area contributed by atoms with E-state index >= 15 is 0 Å². The van der Waals surface area contributed by atoms with E-state index in [9.17, 15) is 9.59 Å². The van der Waals surface area contributed by atoms with Crippen molar-refractivity contribution in [3.05, 3.63) is 63.1 Å². The number of carbonyl (C=O) groups is 1. The molecule has 2 heterocycles. The van der Waals surface area contributed by atoms with Gasteiger partial charge in [-0.15, -0.1) is 0 Å². The molecular weight excluding hydrogens is 446 g/mol. The highest BCUT2D eigenvalue weighted by molar-refractivity contribution is 7.99. The third-order valence-electron chi connectivity index (χ3n) is 6.23. The van der Waals surface area contributed by atoms with Crippen LogP contribution in [-0.2, 0) is 17.9 Å². The van der Waals surface area contributed by atoms with Crippen molar-refractivity contribution in [2.45, 2.75) is 71.1 Å². The molecule has 1 amide bonds. The summed E-state index contributed by atoms with van der Waals surface area (Å²) in [5.41, 5.74) is 5.35. The lowest BCUT2D eigenvalue weighted by Crippen LogP contribution is -2.28. The van der Waals surface area contributed by atoms with Crippen molar-refractivity contribution in [1.82, 2.24) is 24.6 Å². The molecule has 0 unspecified atom stereocenters. The first-order valence-corrected chi connectivity index (χ1v) is 13.1. The van der Waals surface area contributed by atoms with Gasteiger partial charge in [0.2, 0.25) is 5.91 Å². The molecular formula is C26H33N5O2S. The minimum absolute atomic E-state index is 0.0429. The van der Waals surface area contributed by atoms with Gasteiger partial charge in [0, 0.05) is 13.1 Å². The third kappa shape index (κ3) is 5.60. The third-order valence-corrected chi connectivity index (χ3v) is 7.20. The Balaban J connectivity index is 1.54. The molecule has 0 radical (unpaired) electrons. The molecule has 1 aliphatic rings. The van der Waals surface area contributed by atoms with E-state index in [2.05, 4.69) is 16.5 Å². The summed E-state index contributed by atoms with van der Waals surface area (Å²) in [6.45, 7) is 7.51. The number of allylic oxidation sites excluding steroid dienone is 1. The quantitative estimate of drug-likeness (QED) is 0.280. The number of fused-ring (bicyclic) bond motifs is 1. The molecule has 2 aromatic heterocycles. The Morgan fingerprint density at radius 3 is 2.68 bits per heavy atom. The zero-order valence-corrected chi connectivity index (χ0v) is 21.1. The Morgan fingerprint density at radius 1 is 1.18 bits per heavy atom. The van der Waals surface area contributed by atoms with E-state index in [1.807, 2.05) is 45.0 Å². The lowest BCUT2D eigenvalue weighted by molar-refractivity contribution is -0.118. The summed E-state index contributed by atoms with van der Waals surface area (Å²) >= 11 is 1.31. The van der Waals surface area contributed by atoms with Crippen LogP contribution >= 0.6 is 11.8 Å². The van der Waals surface area contributed by atoms with Crippen LogP contribution in [0.5, 0.6) is 0 Å². The SMILES string of the molecule is CCn1nc(C)c2nc(SCC(=O)NCCC3=CCCCC3)n(Cc3ccc(C)cc3)c(=O)c21. The van der Waals surface area contributed by atoms with Crippen molar-refractivity contribution in [2.75, 3.05) is 12.3 Å². The molecule has 180 valence electrons. The number of amides is 1. The molecule has 1 N–H and O–H groups in total. The maximum Gasteiger partial charge on any atom is 0.280 e. The molecule has 0 spiro atoms. The maximum absolute atomic E-state index is 13.5. The van der Waals surface area contributed by atoms with Crippen molar-refractivity contribution < 1.29 is 4.79 Å². The fourth-order valence-corrected chi connectivity index (χ4v) is 5.14. The van der Waals surface area contributed by atoms with Gasteiger partial charge >= 0.3 is 0 Å². The summed E-state index contributed by atoms with van der Waals surface area (Å²) in [6.07, 6.45) is 8.03. The lowest BCUT2D eigenvalue weighted by atomic mass is 9.97. The van der Waals surface area contributed by atoms with Gasteiger partial charge in [0.1, 0.15) is 5.52 Å². The average molecular weight is 480 g/mol. The number of thioether (sulfide) groups is 1. The van der Waals surface area contributed by atoms with E-state index < -0.39 is 0 Å². The van der Waals surface area contributed by atoms with E-state index in [4.69, 9.17) is 4.98 Å². The van der Waals surface area contributed by atoms with E-state index in [1.165, 1.54) is 35.7 Å². The van der Waals surface area contributed by atoms with Crippen LogP contribution < -0.4 is 10.9 Å². The molecule has 0 saturated heterocycles. The number of hydrogen-bond donors (Lipinski definition) is 1. The molecule has 3 aromatic rings. The fourth-order valence-electron chi connectivity index (χ4n) is 4.32. The number of benzene rings is 1. The molecule has 34 heavy (non-hydrogen) atoms. The molecule has 0 saturated carbocycles. The van der Waals surface area contributed by atoms with Gasteiger partial charge in [-0.1, -0.05) is 53.2 Å². The minimum Gasteiger partial charge on any atom is -0.355 e. The highest BCUT2D eigenvalue weighted by Gasteiger charge is 2.19. The van der Waals surface area contributed by atoms with Gasteiger partial charge in [0.25, 0.3) is 5.56 Å². The monoisotopic (exact) mass is 479 g/mol. The van der Waals surface area contributed by atoms with E-state index in [0.717, 1.165) is 30.5 Å². The zero-order valence-electron chi connectivity index (χ0n) is 20.3. The van der Waals surface area contributed by atoms with Gasteiger partial charge in [-0.2, -0.15) is 5.10 Å². The van der Waals surface area contributed by atoms with Crippen molar-refractivity contribution in [3.8, 4) is 0 Å². The van der Waals surface area contributed by atoms with Gasteiger partial charge in [0.15, 0.2) is 10.7 Å². The van der Waals surface area contributed by atoms with Crippen LogP contribution in [0.25, 0.3) is 11.0 Å². The maximum atomic E-state index is 13.5. The largest absolute Gasteiger partial charge is 0.355 e. The highest BCUT2D eigenvalue weighted by Crippen LogP contribution is 2.22. The Morgan fingerprint density at radius 2 is 1.97 bits per heavy atom. The van der Waals surface area contributed by atoms with Crippen LogP contribution in [0.3, 0.4) is 0 Å². The van der Waals surface area contributed by atoms with Crippen LogP contribution in [0.4, 0.5) is 0 Å². The first-order valence-electron chi connectivity index (χ1n) is 12.1. The van der Waals surface area contributed by atoms with Crippen LogP contribution in [-0.4, -0.2) is 37.5 Å². The Bertz CT molecular complexity index is 1260. The predicted octanol–water partition coefficient (Wildman–Crippen LogP) is 4.38. The standard InChI is InChI=1S/C26H33N5O2S/c1-4-31-24-23(19(3)29-31)28-26(30(25(24)33)16-21-12-10-18(2)11-13-21)34-17-22(32)27-15-14-20-8-6-5-7-9-20/h8,10-13H,4-7,9,14-17H2,1-3H3,(H,27,32). The number of aromatic nitrogens is 4. The number of nitrogens with zero attached hydrogens (tertiary/aromatic N) is 4. The summed E-state index contributed by atoms with van der Waals surface area (Å²) in [7, 11) is 0. The number of carbonyl (C=O) groups excluding carboxylic acids is 1. The number of rotatable bonds is 9. The second-order valence-electron chi connectivity index (χ2n) is 8.87. The Kier molecular flexibility index (Phi) is 7.88. The topological polar surface area (TPSA) is 81.8 Å². The van der Waals surface area contributed by atoms with E-state index in [0.29, 0.717) is 35.8 Å². The Labute approximate surface area is 204 Å². The number of nitrogens with one attached hydrogen (secondary N) is 1. The molecule has 8 heteroatoms. The second kappa shape index (κ2) is 11.0. The van der Waals surface area contributed by atoms with Crippen molar-refractivity contribution >= 4 is 28.7 Å². The van der Waals surface area contributed by atoms with Crippen LogP contribution in [0.2, 0.25) is 0 Å². The van der Waals surface area contributed by atoms with Crippen LogP contribution in [0.1, 0.15) is 55.8 Å². The van der Waals surface area contributed by atoms with E-state index in [1.54, 1.807) is 9.25 Å². The first-order chi connectivity index (χ1) is 16.5. The lowest BCUT2D eigenvalue weighted by Gasteiger charge is -2.14. The summed E-state index contributed by atoms with van der Waals surface area (Å²) in [4.78, 5) is 30.9. The highest BCUT2D eigenvalue weighted by atomic mass is 32.2. The summed E-state index contributed by atoms with van der Waals surface area (Å²) in [5, 5.41) is 8.06. The fraction of sp³-hybridized carbons (Fsp3) is 0.462. The minimum atomic E-state index is -0.125. The molecule has 0 aliphatic heterocycles. The van der Waals surface area contributed by atoms with Gasteiger partial charge in [-0.05, 0) is 58.4 Å². The van der Waals surface area contributed by atoms with E-state index in [-0.39, 0.29) is 17.2 Å². The summed E-state index contributed by atoms with van der Waals surface area (Å²) < 4.78 is 3.39. The average Bonchev–Trinajstić information content (AvgIpc) is 3.17. The number of aryl methyl sites for hydroxylation is 3. The predicted molar refractivity (Wildman–Crippen MR) is 137 cm³/mol. The molecule has 1 aromatic carbocycles. The summed E-state index contributed by atoms with van der Waals surface area (Å²) in [6, 6.07) is 8.12. The molecule has 4 rings (SSSR count). The normalized spacial score (nSPS) is 13.8. The number of hydrogen-bond acceptors (Lipinski definition) is 5.